The third kappa shape index (κ3) is 3.03. The van der Waals surface area contributed by atoms with Crippen molar-refractivity contribution in [3.05, 3.63) is 67.2 Å². The molecule has 2 aromatic rings. The van der Waals surface area contributed by atoms with Crippen LogP contribution in [0.15, 0.2) is 37.9 Å². The predicted molar refractivity (Wildman–Crippen MR) is 91.3 cm³/mol. The summed E-state index contributed by atoms with van der Waals surface area (Å²) in [6, 6.07) is 7.54. The molecule has 1 aromatic carbocycles. The molecule has 0 radical (unpaired) electrons. The fourth-order valence-electron chi connectivity index (χ4n) is 2.71. The van der Waals surface area contributed by atoms with Crippen molar-refractivity contribution in [2.45, 2.75) is 46.1 Å². The highest BCUT2D eigenvalue weighted by atomic mass is 79.9. The van der Waals surface area contributed by atoms with Crippen molar-refractivity contribution in [3.8, 4) is 0 Å². The molecule has 22 heavy (non-hydrogen) atoms. The van der Waals surface area contributed by atoms with E-state index in [0.29, 0.717) is 29.1 Å². The van der Waals surface area contributed by atoms with Crippen LogP contribution in [0.4, 0.5) is 0 Å². The molecule has 0 amide bonds. The van der Waals surface area contributed by atoms with E-state index in [1.807, 2.05) is 38.1 Å². The van der Waals surface area contributed by atoms with E-state index in [-0.39, 0.29) is 11.3 Å². The van der Waals surface area contributed by atoms with E-state index in [9.17, 15) is 9.90 Å². The average Bonchev–Trinajstić information content (AvgIpc) is 2.52. The van der Waals surface area contributed by atoms with Gasteiger partial charge in [-0.3, -0.25) is 4.79 Å². The number of hydrogen-bond acceptors (Lipinski definition) is 3. The molecule has 0 aliphatic rings. The summed E-state index contributed by atoms with van der Waals surface area (Å²) in [5.41, 5.74) is 2.03. The molecule has 0 spiro atoms. The zero-order chi connectivity index (χ0) is 16.4. The first-order valence-electron chi connectivity index (χ1n) is 7.44. The molecule has 2 rings (SSSR count). The quantitative estimate of drug-likeness (QED) is 0.873. The van der Waals surface area contributed by atoms with E-state index in [0.717, 1.165) is 10.0 Å². The SMILES string of the molecule is CCc1oc([C@@H](C)[C@H](O)c2ccccc2Br)c(C)c(=O)c1C. The van der Waals surface area contributed by atoms with Gasteiger partial charge in [-0.25, -0.2) is 0 Å². The minimum absolute atomic E-state index is 0.00396. The molecule has 0 bridgehead atoms. The number of hydrogen-bond donors (Lipinski definition) is 1. The lowest BCUT2D eigenvalue weighted by Crippen LogP contribution is -2.18. The van der Waals surface area contributed by atoms with Gasteiger partial charge < -0.3 is 9.52 Å². The summed E-state index contributed by atoms with van der Waals surface area (Å²) in [6.45, 7) is 7.39. The van der Waals surface area contributed by atoms with Gasteiger partial charge in [0.2, 0.25) is 0 Å². The third-order valence-corrected chi connectivity index (χ3v) is 4.86. The van der Waals surface area contributed by atoms with Crippen molar-refractivity contribution in [3.63, 3.8) is 0 Å². The van der Waals surface area contributed by atoms with Gasteiger partial charge in [-0.05, 0) is 25.5 Å². The monoisotopic (exact) mass is 364 g/mol. The first kappa shape index (κ1) is 17.0. The molecule has 4 heteroatoms. The van der Waals surface area contributed by atoms with E-state index < -0.39 is 6.10 Å². The van der Waals surface area contributed by atoms with E-state index in [1.54, 1.807) is 13.8 Å². The van der Waals surface area contributed by atoms with Crippen molar-refractivity contribution in [2.75, 3.05) is 0 Å². The second-order valence-electron chi connectivity index (χ2n) is 5.58. The van der Waals surface area contributed by atoms with E-state index in [1.165, 1.54) is 0 Å². The van der Waals surface area contributed by atoms with Crippen molar-refractivity contribution in [1.82, 2.24) is 0 Å². The van der Waals surface area contributed by atoms with Crippen LogP contribution in [-0.2, 0) is 6.42 Å². The third-order valence-electron chi connectivity index (χ3n) is 4.13. The smallest absolute Gasteiger partial charge is 0.191 e. The predicted octanol–water partition coefficient (Wildman–Crippen LogP) is 4.42. The topological polar surface area (TPSA) is 50.4 Å². The highest BCUT2D eigenvalue weighted by molar-refractivity contribution is 9.10. The fraction of sp³-hybridized carbons (Fsp3) is 0.389. The Morgan fingerprint density at radius 2 is 1.86 bits per heavy atom. The van der Waals surface area contributed by atoms with Gasteiger partial charge in [0.1, 0.15) is 11.5 Å². The number of aliphatic hydroxyl groups is 1. The Kier molecular flexibility index (Phi) is 5.24. The van der Waals surface area contributed by atoms with Crippen molar-refractivity contribution < 1.29 is 9.52 Å². The molecule has 118 valence electrons. The fourth-order valence-corrected chi connectivity index (χ4v) is 3.22. The van der Waals surface area contributed by atoms with E-state index >= 15 is 0 Å². The molecular formula is C18H21BrO3. The standard InChI is InChI=1S/C18H21BrO3/c1-5-15-10(2)16(20)11(3)18(22-15)12(4)17(21)13-8-6-7-9-14(13)19/h6-9,12,17,21H,5H2,1-4H3/t12-,17-/m0/s1. The lowest BCUT2D eigenvalue weighted by molar-refractivity contribution is 0.138. The average molecular weight is 365 g/mol. The summed E-state index contributed by atoms with van der Waals surface area (Å²) < 4.78 is 6.78. The second kappa shape index (κ2) is 6.80. The highest BCUT2D eigenvalue weighted by Gasteiger charge is 2.26. The summed E-state index contributed by atoms with van der Waals surface area (Å²) in [5, 5.41) is 10.7. The van der Waals surface area contributed by atoms with Gasteiger partial charge >= 0.3 is 0 Å². The van der Waals surface area contributed by atoms with Gasteiger partial charge in [-0.1, -0.05) is 48.0 Å². The Morgan fingerprint density at radius 1 is 1.23 bits per heavy atom. The Morgan fingerprint density at radius 3 is 2.45 bits per heavy atom. The van der Waals surface area contributed by atoms with Crippen LogP contribution in [0.5, 0.6) is 0 Å². The minimum atomic E-state index is -0.746. The zero-order valence-electron chi connectivity index (χ0n) is 13.3. The Bertz CT molecular complexity index is 734. The maximum atomic E-state index is 12.3. The van der Waals surface area contributed by atoms with Crippen LogP contribution in [0.25, 0.3) is 0 Å². The van der Waals surface area contributed by atoms with Gasteiger partial charge in [-0.2, -0.15) is 0 Å². The molecule has 0 unspecified atom stereocenters. The molecule has 2 atom stereocenters. The molecule has 0 aliphatic heterocycles. The maximum Gasteiger partial charge on any atom is 0.191 e. The van der Waals surface area contributed by atoms with Crippen LogP contribution in [0, 0.1) is 13.8 Å². The van der Waals surface area contributed by atoms with Crippen LogP contribution in [0.3, 0.4) is 0 Å². The minimum Gasteiger partial charge on any atom is -0.465 e. The normalized spacial score (nSPS) is 13.9. The number of halogens is 1. The maximum absolute atomic E-state index is 12.3. The van der Waals surface area contributed by atoms with Crippen LogP contribution in [-0.4, -0.2) is 5.11 Å². The van der Waals surface area contributed by atoms with Crippen molar-refractivity contribution in [2.24, 2.45) is 0 Å². The zero-order valence-corrected chi connectivity index (χ0v) is 14.9. The Hall–Kier alpha value is -1.39. The molecule has 0 aliphatic carbocycles. The number of rotatable bonds is 4. The molecule has 3 nitrogen and oxygen atoms in total. The van der Waals surface area contributed by atoms with Crippen LogP contribution in [0.2, 0.25) is 0 Å². The lowest BCUT2D eigenvalue weighted by atomic mass is 9.92. The molecular weight excluding hydrogens is 344 g/mol. The highest BCUT2D eigenvalue weighted by Crippen LogP contribution is 2.35. The van der Waals surface area contributed by atoms with Gasteiger partial charge in [0.15, 0.2) is 5.43 Å². The largest absolute Gasteiger partial charge is 0.465 e. The molecule has 1 N–H and O–H groups in total. The van der Waals surface area contributed by atoms with Gasteiger partial charge in [0.05, 0.1) is 6.10 Å². The second-order valence-corrected chi connectivity index (χ2v) is 6.43. The Balaban J connectivity index is 2.50. The summed E-state index contributed by atoms with van der Waals surface area (Å²) in [7, 11) is 0. The van der Waals surface area contributed by atoms with Crippen molar-refractivity contribution >= 4 is 15.9 Å². The van der Waals surface area contributed by atoms with Gasteiger partial charge in [0, 0.05) is 27.9 Å². The molecule has 0 saturated heterocycles. The first-order chi connectivity index (χ1) is 10.4. The molecule has 0 saturated carbocycles. The lowest BCUT2D eigenvalue weighted by Gasteiger charge is -2.22. The summed E-state index contributed by atoms with van der Waals surface area (Å²) in [6.07, 6.45) is -0.0866. The summed E-state index contributed by atoms with van der Waals surface area (Å²) >= 11 is 3.46. The van der Waals surface area contributed by atoms with E-state index in [2.05, 4.69) is 15.9 Å². The number of aliphatic hydroxyl groups excluding tert-OH is 1. The van der Waals surface area contributed by atoms with Crippen LogP contribution in [0.1, 0.15) is 54.1 Å². The van der Waals surface area contributed by atoms with Crippen molar-refractivity contribution in [1.29, 1.82) is 0 Å². The number of benzene rings is 1. The molecule has 0 fully saturated rings. The summed E-state index contributed by atoms with van der Waals surface area (Å²) in [4.78, 5) is 12.3. The first-order valence-corrected chi connectivity index (χ1v) is 8.23. The summed E-state index contributed by atoms with van der Waals surface area (Å²) in [5.74, 6) is 0.949. The van der Waals surface area contributed by atoms with Gasteiger partial charge in [-0.15, -0.1) is 0 Å². The molecule has 1 aromatic heterocycles. The molecule has 1 heterocycles. The Labute approximate surface area is 139 Å². The van der Waals surface area contributed by atoms with E-state index in [4.69, 9.17) is 4.42 Å². The van der Waals surface area contributed by atoms with Crippen LogP contribution >= 0.6 is 15.9 Å². The van der Waals surface area contributed by atoms with Crippen LogP contribution < -0.4 is 5.43 Å². The van der Waals surface area contributed by atoms with Gasteiger partial charge in [0.25, 0.3) is 0 Å². The number of aryl methyl sites for hydroxylation is 1.